The molecule has 0 saturated heterocycles. The lowest BCUT2D eigenvalue weighted by Crippen LogP contribution is -1.99. The third kappa shape index (κ3) is 1.63. The molecule has 1 rings (SSSR count). The van der Waals surface area contributed by atoms with E-state index < -0.39 is 22.0 Å². The number of rotatable bonds is 3. The van der Waals surface area contributed by atoms with Crippen molar-refractivity contribution < 1.29 is 18.9 Å². The largest absolute Gasteiger partial charge is 0.298 e. The Kier molecular flexibility index (Phi) is 2.66. The van der Waals surface area contributed by atoms with Crippen LogP contribution in [0.4, 0.5) is 10.1 Å². The number of hydrogen-bond donors (Lipinski definition) is 0. The molecule has 0 aliphatic heterocycles. The van der Waals surface area contributed by atoms with Crippen molar-refractivity contribution in [1.29, 1.82) is 0 Å². The zero-order valence-electron chi connectivity index (χ0n) is 6.77. The van der Waals surface area contributed by atoms with Gasteiger partial charge in [-0.2, -0.15) is 0 Å². The molecule has 0 aliphatic carbocycles. The third-order valence-electron chi connectivity index (χ3n) is 1.58. The van der Waals surface area contributed by atoms with Crippen molar-refractivity contribution in [2.75, 3.05) is 0 Å². The van der Waals surface area contributed by atoms with Crippen LogP contribution in [0.3, 0.4) is 0 Å². The highest BCUT2D eigenvalue weighted by Crippen LogP contribution is 2.21. The van der Waals surface area contributed by atoms with Crippen LogP contribution >= 0.6 is 0 Å². The Bertz CT molecular complexity index is 416. The Morgan fingerprint density at radius 3 is 2.36 bits per heavy atom. The smallest absolute Gasteiger partial charge is 0.283 e. The minimum atomic E-state index is -1.07. The fourth-order valence-electron chi connectivity index (χ4n) is 0.959. The van der Waals surface area contributed by atoms with E-state index in [4.69, 9.17) is 0 Å². The molecule has 14 heavy (non-hydrogen) atoms. The standard InChI is InChI=1S/C8H4FNO4/c9-7-1-5(3-11)2-8(10(13)14)6(7)4-12/h1-4H. The summed E-state index contributed by atoms with van der Waals surface area (Å²) in [4.78, 5) is 30.0. The zero-order chi connectivity index (χ0) is 10.7. The van der Waals surface area contributed by atoms with E-state index in [0.29, 0.717) is 0 Å². The summed E-state index contributed by atoms with van der Waals surface area (Å²) in [7, 11) is 0. The molecule has 0 atom stereocenters. The van der Waals surface area contributed by atoms with Gasteiger partial charge in [0, 0.05) is 11.6 Å². The van der Waals surface area contributed by atoms with E-state index in [1.807, 2.05) is 0 Å². The molecule has 0 bridgehead atoms. The van der Waals surface area contributed by atoms with Gasteiger partial charge >= 0.3 is 0 Å². The lowest BCUT2D eigenvalue weighted by molar-refractivity contribution is -0.385. The fourth-order valence-corrected chi connectivity index (χ4v) is 0.959. The summed E-state index contributed by atoms with van der Waals surface area (Å²) < 4.78 is 13.0. The Balaban J connectivity index is 3.50. The molecule has 6 heteroatoms. The molecule has 0 N–H and O–H groups in total. The average Bonchev–Trinajstić information content (AvgIpc) is 2.16. The van der Waals surface area contributed by atoms with Crippen molar-refractivity contribution in [3.8, 4) is 0 Å². The third-order valence-corrected chi connectivity index (χ3v) is 1.58. The second-order valence-corrected chi connectivity index (χ2v) is 2.43. The minimum Gasteiger partial charge on any atom is -0.298 e. The average molecular weight is 197 g/mol. The van der Waals surface area contributed by atoms with Crippen molar-refractivity contribution in [1.82, 2.24) is 0 Å². The van der Waals surface area contributed by atoms with Crippen molar-refractivity contribution in [3.05, 3.63) is 39.2 Å². The van der Waals surface area contributed by atoms with Crippen molar-refractivity contribution in [2.45, 2.75) is 0 Å². The van der Waals surface area contributed by atoms with E-state index in [1.54, 1.807) is 0 Å². The first-order valence-corrected chi connectivity index (χ1v) is 3.48. The number of carbonyl (C=O) groups excluding carboxylic acids is 2. The van der Waals surface area contributed by atoms with Crippen LogP contribution < -0.4 is 0 Å². The zero-order valence-corrected chi connectivity index (χ0v) is 6.77. The summed E-state index contributed by atoms with van der Waals surface area (Å²) in [6.07, 6.45) is 0.312. The van der Waals surface area contributed by atoms with E-state index >= 15 is 0 Å². The monoisotopic (exact) mass is 197 g/mol. The van der Waals surface area contributed by atoms with Crippen LogP contribution in [0.25, 0.3) is 0 Å². The fraction of sp³-hybridized carbons (Fsp3) is 0. The number of carbonyl (C=O) groups is 2. The lowest BCUT2D eigenvalue weighted by Gasteiger charge is -1.98. The number of halogens is 1. The summed E-state index contributed by atoms with van der Waals surface area (Å²) >= 11 is 0. The highest BCUT2D eigenvalue weighted by atomic mass is 19.1. The van der Waals surface area contributed by atoms with Crippen LogP contribution in [-0.4, -0.2) is 17.5 Å². The summed E-state index contributed by atoms with van der Waals surface area (Å²) in [6.45, 7) is 0. The van der Waals surface area contributed by atoms with E-state index in [0.717, 1.165) is 12.1 Å². The number of aldehydes is 2. The van der Waals surface area contributed by atoms with Crippen molar-refractivity contribution >= 4 is 18.3 Å². The summed E-state index contributed by atoms with van der Waals surface area (Å²) in [6, 6.07) is 1.61. The first-order valence-electron chi connectivity index (χ1n) is 3.48. The predicted molar refractivity (Wildman–Crippen MR) is 43.8 cm³/mol. The van der Waals surface area contributed by atoms with Gasteiger partial charge in [-0.1, -0.05) is 0 Å². The van der Waals surface area contributed by atoms with Gasteiger partial charge in [0.15, 0.2) is 6.29 Å². The van der Waals surface area contributed by atoms with Gasteiger partial charge < -0.3 is 0 Å². The van der Waals surface area contributed by atoms with Gasteiger partial charge in [0.05, 0.1) is 4.92 Å². The van der Waals surface area contributed by atoms with Crippen molar-refractivity contribution in [2.24, 2.45) is 0 Å². The molecular weight excluding hydrogens is 193 g/mol. The lowest BCUT2D eigenvalue weighted by atomic mass is 10.1. The van der Waals surface area contributed by atoms with E-state index in [9.17, 15) is 24.1 Å². The first-order chi connectivity index (χ1) is 6.60. The van der Waals surface area contributed by atoms with Gasteiger partial charge in [-0.05, 0) is 6.07 Å². The topological polar surface area (TPSA) is 77.3 Å². The Morgan fingerprint density at radius 2 is 1.93 bits per heavy atom. The summed E-state index contributed by atoms with van der Waals surface area (Å²) in [5.41, 5.74) is -1.54. The maximum atomic E-state index is 13.0. The number of nitro groups is 1. The van der Waals surface area contributed by atoms with Gasteiger partial charge in [-0.15, -0.1) is 0 Å². The number of hydrogen-bond acceptors (Lipinski definition) is 4. The molecule has 1 aromatic rings. The molecule has 72 valence electrons. The second-order valence-electron chi connectivity index (χ2n) is 2.43. The Morgan fingerprint density at radius 1 is 1.29 bits per heavy atom. The molecule has 1 aromatic carbocycles. The molecule has 0 saturated carbocycles. The van der Waals surface area contributed by atoms with Gasteiger partial charge in [-0.3, -0.25) is 19.7 Å². The van der Waals surface area contributed by atoms with Crippen LogP contribution in [0.1, 0.15) is 20.7 Å². The Labute approximate surface area is 77.3 Å². The molecular formula is C8H4FNO4. The summed E-state index contributed by atoms with van der Waals surface area (Å²) in [5.74, 6) is -1.07. The highest BCUT2D eigenvalue weighted by Gasteiger charge is 2.18. The molecule has 0 spiro atoms. The maximum Gasteiger partial charge on any atom is 0.283 e. The second kappa shape index (κ2) is 3.73. The quantitative estimate of drug-likeness (QED) is 0.416. The van der Waals surface area contributed by atoms with Gasteiger partial charge in [0.1, 0.15) is 17.7 Å². The molecule has 0 radical (unpaired) electrons. The van der Waals surface area contributed by atoms with Crippen LogP contribution in [-0.2, 0) is 0 Å². The van der Waals surface area contributed by atoms with Gasteiger partial charge in [0.2, 0.25) is 0 Å². The van der Waals surface area contributed by atoms with E-state index in [-0.39, 0.29) is 18.1 Å². The minimum absolute atomic E-state index is 0.0437. The maximum absolute atomic E-state index is 13.0. The van der Waals surface area contributed by atoms with Crippen molar-refractivity contribution in [3.63, 3.8) is 0 Å². The summed E-state index contributed by atoms with van der Waals surface area (Å²) in [5, 5.41) is 10.4. The van der Waals surface area contributed by atoms with Crippen LogP contribution in [0, 0.1) is 15.9 Å². The number of nitrogens with zero attached hydrogens (tertiary/aromatic N) is 1. The molecule has 0 amide bonds. The first kappa shape index (κ1) is 9.97. The molecule has 0 aromatic heterocycles. The van der Waals surface area contributed by atoms with Crippen LogP contribution in [0.2, 0.25) is 0 Å². The Hall–Kier alpha value is -2.11. The predicted octanol–water partition coefficient (Wildman–Crippen LogP) is 1.36. The number of nitro benzene ring substituents is 1. The van der Waals surface area contributed by atoms with E-state index in [1.165, 1.54) is 0 Å². The van der Waals surface area contributed by atoms with E-state index in [2.05, 4.69) is 0 Å². The van der Waals surface area contributed by atoms with Crippen LogP contribution in [0.15, 0.2) is 12.1 Å². The molecule has 0 heterocycles. The molecule has 5 nitrogen and oxygen atoms in total. The van der Waals surface area contributed by atoms with Crippen LogP contribution in [0.5, 0.6) is 0 Å². The molecule has 0 aliphatic rings. The molecule has 0 fully saturated rings. The normalized spacial score (nSPS) is 9.50. The highest BCUT2D eigenvalue weighted by molar-refractivity contribution is 5.85. The van der Waals surface area contributed by atoms with Gasteiger partial charge in [0.25, 0.3) is 5.69 Å². The SMILES string of the molecule is O=Cc1cc(F)c(C=O)c([N+](=O)[O-])c1. The number of benzene rings is 1. The van der Waals surface area contributed by atoms with Gasteiger partial charge in [-0.25, -0.2) is 4.39 Å². The molecule has 0 unspecified atom stereocenters.